The third-order valence-electron chi connectivity index (χ3n) is 9.43. The Hall–Kier alpha value is -1.22. The van der Waals surface area contributed by atoms with Gasteiger partial charge in [0.05, 0.1) is 6.17 Å². The number of amides is 3. The summed E-state index contributed by atoms with van der Waals surface area (Å²) in [5.74, 6) is 1.47. The number of hydrogen-bond acceptors (Lipinski definition) is 6. The summed E-state index contributed by atoms with van der Waals surface area (Å²) >= 11 is 0. The minimum absolute atomic E-state index is 0.0381. The van der Waals surface area contributed by atoms with Crippen LogP contribution in [0.3, 0.4) is 0 Å². The molecule has 3 aliphatic heterocycles. The van der Waals surface area contributed by atoms with Crippen LogP contribution in [0.15, 0.2) is 0 Å². The van der Waals surface area contributed by atoms with Gasteiger partial charge in [-0.15, -0.1) is 0 Å². The maximum Gasteiger partial charge on any atom is 0.327 e. The third kappa shape index (κ3) is 5.77. The summed E-state index contributed by atoms with van der Waals surface area (Å²) in [5, 5.41) is 6.29. The number of carbonyl (C=O) groups excluding carboxylic acids is 2. The van der Waals surface area contributed by atoms with Gasteiger partial charge in [0.1, 0.15) is 12.1 Å². The highest BCUT2D eigenvalue weighted by Crippen LogP contribution is 2.36. The average Bonchev–Trinajstić information content (AvgIpc) is 3.49. The fourth-order valence-corrected chi connectivity index (χ4v) is 7.66. The normalized spacial score (nSPS) is 35.3. The predicted molar refractivity (Wildman–Crippen MR) is 142 cm³/mol. The van der Waals surface area contributed by atoms with Crippen molar-refractivity contribution in [3.05, 3.63) is 0 Å². The van der Waals surface area contributed by atoms with Crippen molar-refractivity contribution >= 4 is 11.9 Å². The van der Waals surface area contributed by atoms with Crippen LogP contribution in [0.1, 0.15) is 84.5 Å². The quantitative estimate of drug-likeness (QED) is 0.530. The summed E-state index contributed by atoms with van der Waals surface area (Å²) in [6.45, 7) is 9.72. The van der Waals surface area contributed by atoms with Crippen LogP contribution in [0.25, 0.3) is 0 Å². The highest BCUT2D eigenvalue weighted by Gasteiger charge is 2.55. The average molecular weight is 503 g/mol. The standard InChI is InChI=1S/C28H50N6O2/c1-20(2)17-33-26-24(27(35)31(3)28(33)36)25(29-23-12-5-4-6-13-23)34(30-26)19-22-11-9-10-21(16-22)18-32-14-7-8-15-32/h20-26,29-30H,4-19H2,1-3H3. The van der Waals surface area contributed by atoms with Crippen LogP contribution >= 0.6 is 0 Å². The summed E-state index contributed by atoms with van der Waals surface area (Å²) < 4.78 is 0. The van der Waals surface area contributed by atoms with Gasteiger partial charge in [-0.05, 0) is 75.8 Å². The number of imide groups is 1. The first-order chi connectivity index (χ1) is 17.4. The Labute approximate surface area is 218 Å². The molecule has 3 saturated heterocycles. The van der Waals surface area contributed by atoms with E-state index in [9.17, 15) is 9.59 Å². The molecule has 5 fully saturated rings. The lowest BCUT2D eigenvalue weighted by molar-refractivity contribution is -0.138. The minimum atomic E-state index is -0.266. The summed E-state index contributed by atoms with van der Waals surface area (Å²) in [4.78, 5) is 32.7. The largest absolute Gasteiger partial charge is 0.327 e. The van der Waals surface area contributed by atoms with E-state index in [0.717, 1.165) is 12.5 Å². The summed E-state index contributed by atoms with van der Waals surface area (Å²) in [6.07, 6.45) is 13.8. The van der Waals surface area contributed by atoms with Gasteiger partial charge < -0.3 is 9.80 Å². The molecule has 36 heavy (non-hydrogen) atoms. The molecule has 2 aliphatic carbocycles. The Morgan fingerprint density at radius 1 is 0.917 bits per heavy atom. The van der Waals surface area contributed by atoms with Crippen molar-refractivity contribution in [2.45, 2.75) is 103 Å². The van der Waals surface area contributed by atoms with Crippen molar-refractivity contribution in [1.82, 2.24) is 30.5 Å². The molecule has 3 amide bonds. The molecule has 0 aromatic rings. The van der Waals surface area contributed by atoms with Crippen LogP contribution in [0.4, 0.5) is 4.79 Å². The van der Waals surface area contributed by atoms with Crippen LogP contribution in [-0.2, 0) is 4.79 Å². The summed E-state index contributed by atoms with van der Waals surface area (Å²) in [7, 11) is 1.67. The summed E-state index contributed by atoms with van der Waals surface area (Å²) in [6, 6.07) is 0.291. The van der Waals surface area contributed by atoms with Crippen molar-refractivity contribution in [2.75, 3.05) is 39.8 Å². The van der Waals surface area contributed by atoms with E-state index < -0.39 is 0 Å². The van der Waals surface area contributed by atoms with E-state index in [0.29, 0.717) is 24.4 Å². The first-order valence-electron chi connectivity index (χ1n) is 15.0. The van der Waals surface area contributed by atoms with E-state index in [2.05, 4.69) is 34.5 Å². The van der Waals surface area contributed by atoms with E-state index >= 15 is 0 Å². The summed E-state index contributed by atoms with van der Waals surface area (Å²) in [5.41, 5.74) is 3.72. The Bertz CT molecular complexity index is 765. The molecular formula is C28H50N6O2. The first-order valence-corrected chi connectivity index (χ1v) is 15.0. The van der Waals surface area contributed by atoms with Gasteiger partial charge in [0.25, 0.3) is 0 Å². The number of nitrogens with zero attached hydrogens (tertiary/aromatic N) is 4. The highest BCUT2D eigenvalue weighted by molar-refractivity contribution is 5.98. The van der Waals surface area contributed by atoms with Gasteiger partial charge in [0.2, 0.25) is 5.91 Å². The number of fused-ring (bicyclic) bond motifs is 1. The zero-order chi connectivity index (χ0) is 25.2. The SMILES string of the molecule is CC(C)CN1C(=O)N(C)C(=O)C2C(NC3CCCCC3)N(CC3CCCC(CN4CCCC4)C3)NC21. The second-order valence-electron chi connectivity index (χ2n) is 12.8. The fraction of sp³-hybridized carbons (Fsp3) is 0.929. The van der Waals surface area contributed by atoms with E-state index in [-0.39, 0.29) is 30.2 Å². The Kier molecular flexibility index (Phi) is 8.55. The van der Waals surface area contributed by atoms with E-state index in [1.165, 1.54) is 95.2 Å². The third-order valence-corrected chi connectivity index (χ3v) is 9.43. The predicted octanol–water partition coefficient (Wildman–Crippen LogP) is 3.45. The van der Waals surface area contributed by atoms with Crippen LogP contribution in [0, 0.1) is 23.7 Å². The van der Waals surface area contributed by atoms with Crippen molar-refractivity contribution in [3.63, 3.8) is 0 Å². The molecule has 0 aromatic carbocycles. The van der Waals surface area contributed by atoms with Gasteiger partial charge in [0, 0.05) is 32.7 Å². The van der Waals surface area contributed by atoms with Gasteiger partial charge >= 0.3 is 6.03 Å². The molecule has 0 bridgehead atoms. The fourth-order valence-electron chi connectivity index (χ4n) is 7.66. The van der Waals surface area contributed by atoms with Crippen LogP contribution in [-0.4, -0.2) is 89.8 Å². The van der Waals surface area contributed by atoms with Crippen LogP contribution in [0.2, 0.25) is 0 Å². The molecule has 8 heteroatoms. The topological polar surface area (TPSA) is 71.2 Å². The number of hydrogen-bond donors (Lipinski definition) is 2. The lowest BCUT2D eigenvalue weighted by Gasteiger charge is -2.42. The van der Waals surface area contributed by atoms with Crippen molar-refractivity contribution in [3.8, 4) is 0 Å². The Balaban J connectivity index is 1.32. The molecule has 5 unspecified atom stereocenters. The Morgan fingerprint density at radius 3 is 2.31 bits per heavy atom. The molecule has 5 rings (SSSR count). The molecule has 3 heterocycles. The number of hydrazine groups is 1. The van der Waals surface area contributed by atoms with Crippen molar-refractivity contribution < 1.29 is 9.59 Å². The van der Waals surface area contributed by atoms with Gasteiger partial charge in [-0.3, -0.25) is 15.0 Å². The maximum atomic E-state index is 13.5. The zero-order valence-corrected chi connectivity index (χ0v) is 23.0. The molecule has 2 N–H and O–H groups in total. The van der Waals surface area contributed by atoms with Gasteiger partial charge in [-0.25, -0.2) is 15.2 Å². The number of rotatable bonds is 8. The van der Waals surface area contributed by atoms with E-state index in [1.54, 1.807) is 7.05 Å². The van der Waals surface area contributed by atoms with Crippen molar-refractivity contribution in [2.24, 2.45) is 23.7 Å². The molecule has 0 aromatic heterocycles. The Morgan fingerprint density at radius 2 is 1.61 bits per heavy atom. The monoisotopic (exact) mass is 502 g/mol. The maximum absolute atomic E-state index is 13.5. The number of urea groups is 1. The van der Waals surface area contributed by atoms with Crippen LogP contribution in [0.5, 0.6) is 0 Å². The van der Waals surface area contributed by atoms with Gasteiger partial charge in [-0.2, -0.15) is 0 Å². The van der Waals surface area contributed by atoms with E-state index in [1.807, 2.05) is 4.90 Å². The second kappa shape index (κ2) is 11.7. The lowest BCUT2D eigenvalue weighted by atomic mass is 9.81. The molecule has 0 spiro atoms. The minimum Gasteiger partial charge on any atom is -0.306 e. The van der Waals surface area contributed by atoms with Crippen molar-refractivity contribution in [1.29, 1.82) is 0 Å². The number of nitrogens with one attached hydrogen (secondary N) is 2. The first kappa shape index (κ1) is 26.4. The van der Waals surface area contributed by atoms with Gasteiger partial charge in [0.15, 0.2) is 0 Å². The zero-order valence-electron chi connectivity index (χ0n) is 23.0. The van der Waals surface area contributed by atoms with E-state index in [4.69, 9.17) is 0 Å². The molecule has 5 atom stereocenters. The second-order valence-corrected chi connectivity index (χ2v) is 12.8. The highest BCUT2D eigenvalue weighted by atomic mass is 16.2. The molecular weight excluding hydrogens is 452 g/mol. The number of likely N-dealkylation sites (tertiary alicyclic amines) is 1. The van der Waals surface area contributed by atoms with Crippen LogP contribution < -0.4 is 10.7 Å². The molecule has 8 nitrogen and oxygen atoms in total. The smallest absolute Gasteiger partial charge is 0.306 e. The molecule has 0 radical (unpaired) electrons. The number of carbonyl (C=O) groups is 2. The lowest BCUT2D eigenvalue weighted by Crippen LogP contribution is -2.64. The van der Waals surface area contributed by atoms with Gasteiger partial charge in [-0.1, -0.05) is 39.5 Å². The molecule has 204 valence electrons. The molecule has 5 aliphatic rings. The molecule has 2 saturated carbocycles.